The van der Waals surface area contributed by atoms with Gasteiger partial charge in [0.1, 0.15) is 11.5 Å². The topological polar surface area (TPSA) is 135 Å². The number of H-pyrrole nitrogens is 2. The van der Waals surface area contributed by atoms with Crippen molar-refractivity contribution >= 4 is 45.9 Å². The number of aromatic nitrogens is 3. The van der Waals surface area contributed by atoms with E-state index in [9.17, 15) is 18.4 Å². The van der Waals surface area contributed by atoms with Crippen molar-refractivity contribution in [3.8, 4) is 5.75 Å². The van der Waals surface area contributed by atoms with E-state index in [1.54, 1.807) is 36.4 Å². The van der Waals surface area contributed by atoms with Crippen LogP contribution in [0.2, 0.25) is 0 Å². The lowest BCUT2D eigenvalue weighted by molar-refractivity contribution is -0.222. The Labute approximate surface area is 248 Å². The predicted molar refractivity (Wildman–Crippen MR) is 152 cm³/mol. The molecule has 1 aromatic carbocycles. The second-order valence-electron chi connectivity index (χ2n) is 11.1. The summed E-state index contributed by atoms with van der Waals surface area (Å²) in [5.41, 5.74) is 2.40. The lowest BCUT2D eigenvalue weighted by atomic mass is 9.75. The van der Waals surface area contributed by atoms with Gasteiger partial charge in [-0.2, -0.15) is 13.8 Å². The van der Waals surface area contributed by atoms with Crippen LogP contribution in [0.4, 0.5) is 14.5 Å². The molecule has 226 valence electrons. The van der Waals surface area contributed by atoms with E-state index in [-0.39, 0.29) is 36.9 Å². The molecule has 2 aliphatic rings. The van der Waals surface area contributed by atoms with Gasteiger partial charge in [0.2, 0.25) is 0 Å². The van der Waals surface area contributed by atoms with Crippen molar-refractivity contribution in [3.05, 3.63) is 53.5 Å². The number of nitrogens with zero attached hydrogens (tertiary/aromatic N) is 3. The van der Waals surface area contributed by atoms with E-state index in [2.05, 4.69) is 19.7 Å². The second kappa shape index (κ2) is 11.2. The lowest BCUT2D eigenvalue weighted by Gasteiger charge is -2.39. The largest absolute Gasteiger partial charge is 0.461 e. The molecule has 2 atom stereocenters. The van der Waals surface area contributed by atoms with E-state index in [4.69, 9.17) is 19.0 Å². The molecular formula is C29H29F2N5O6S. The zero-order valence-electron chi connectivity index (χ0n) is 23.8. The van der Waals surface area contributed by atoms with Gasteiger partial charge < -0.3 is 23.9 Å². The summed E-state index contributed by atoms with van der Waals surface area (Å²) in [6.07, 6.45) is 1.67. The number of halogens is 2. The standard InChI is InChI=1S/C29H29F2N5O6S/c1-5-39-26(38)25-24-15(11-32-25)22(23-18(33-24)12-36(13-19(23)37)42-29(2,3)4)20-8-9-21(41-20)43-28-34-16-7-6-14(40-27(30)31)10-17(16)35-28/h6-11,22-23,27,32H,5,12-13H2,1-4H3,(H,34,35). The number of ketones is 1. The highest BCUT2D eigenvalue weighted by Crippen LogP contribution is 2.47. The quantitative estimate of drug-likeness (QED) is 0.234. The molecule has 1 fully saturated rings. The Morgan fingerprint density at radius 1 is 1.21 bits per heavy atom. The van der Waals surface area contributed by atoms with Crippen LogP contribution in [0.15, 0.2) is 56.2 Å². The number of hydroxylamine groups is 2. The smallest absolute Gasteiger partial charge is 0.387 e. The first-order valence-electron chi connectivity index (χ1n) is 13.6. The fourth-order valence-corrected chi connectivity index (χ4v) is 6.13. The first-order chi connectivity index (χ1) is 20.5. The minimum Gasteiger partial charge on any atom is -0.461 e. The second-order valence-corrected chi connectivity index (χ2v) is 12.1. The number of furan rings is 1. The molecule has 6 rings (SSSR count). The maximum absolute atomic E-state index is 13.6. The fourth-order valence-electron chi connectivity index (χ4n) is 5.36. The number of rotatable bonds is 8. The molecule has 0 saturated carbocycles. The van der Waals surface area contributed by atoms with Crippen LogP contribution in [0.5, 0.6) is 5.75 Å². The molecule has 14 heteroatoms. The Hall–Kier alpha value is -4.01. The molecule has 5 heterocycles. The normalized spacial score (nSPS) is 19.0. The molecule has 2 aliphatic heterocycles. The number of carbonyl (C=O) groups is 2. The highest BCUT2D eigenvalue weighted by atomic mass is 32.2. The fraction of sp³-hybridized carbons (Fsp3) is 0.379. The summed E-state index contributed by atoms with van der Waals surface area (Å²) in [6.45, 7) is 5.03. The predicted octanol–water partition coefficient (Wildman–Crippen LogP) is 5.86. The monoisotopic (exact) mass is 613 g/mol. The summed E-state index contributed by atoms with van der Waals surface area (Å²) in [4.78, 5) is 47.7. The van der Waals surface area contributed by atoms with E-state index < -0.39 is 30.0 Å². The number of imidazole rings is 1. The van der Waals surface area contributed by atoms with Gasteiger partial charge in [-0.3, -0.25) is 14.6 Å². The van der Waals surface area contributed by atoms with Gasteiger partial charge in [-0.15, -0.1) is 0 Å². The number of hydrogen-bond acceptors (Lipinski definition) is 10. The van der Waals surface area contributed by atoms with Gasteiger partial charge in [0.05, 0.1) is 53.9 Å². The average molecular weight is 614 g/mol. The first kappa shape index (κ1) is 29.1. The van der Waals surface area contributed by atoms with Crippen molar-refractivity contribution in [1.82, 2.24) is 20.0 Å². The molecule has 0 spiro atoms. The number of Topliss-reactive ketones (excluding diaryl/α,β-unsaturated/α-hetero) is 1. The maximum Gasteiger partial charge on any atom is 0.387 e. The summed E-state index contributed by atoms with van der Waals surface area (Å²) in [6, 6.07) is 8.01. The molecule has 1 saturated heterocycles. The number of esters is 1. The van der Waals surface area contributed by atoms with Crippen molar-refractivity contribution in [2.75, 3.05) is 19.7 Å². The summed E-state index contributed by atoms with van der Waals surface area (Å²) < 4.78 is 41.2. The summed E-state index contributed by atoms with van der Waals surface area (Å²) in [7, 11) is 0. The molecule has 43 heavy (non-hydrogen) atoms. The SMILES string of the molecule is CCOC(=O)c1[nH]cc2c1N=C1CN(OC(C)(C)C)CC(=O)C1C2c1ccc(Sc2nc3ccc(OC(F)F)cc3[nH]2)o1. The third kappa shape index (κ3) is 5.94. The molecule has 3 aromatic heterocycles. The number of aliphatic imine (C=N–C) groups is 1. The minimum atomic E-state index is -2.93. The number of piperidine rings is 1. The van der Waals surface area contributed by atoms with Crippen molar-refractivity contribution in [2.45, 2.75) is 56.1 Å². The zero-order chi connectivity index (χ0) is 30.5. The number of fused-ring (bicyclic) bond motifs is 3. The van der Waals surface area contributed by atoms with Gasteiger partial charge in [0.15, 0.2) is 21.7 Å². The van der Waals surface area contributed by atoms with Gasteiger partial charge >= 0.3 is 12.6 Å². The van der Waals surface area contributed by atoms with Crippen LogP contribution in [0.1, 0.15) is 55.4 Å². The molecule has 0 amide bonds. The molecular weight excluding hydrogens is 584 g/mol. The van der Waals surface area contributed by atoms with Crippen LogP contribution in [0, 0.1) is 5.92 Å². The Morgan fingerprint density at radius 3 is 2.77 bits per heavy atom. The van der Waals surface area contributed by atoms with E-state index in [1.807, 2.05) is 20.8 Å². The summed E-state index contributed by atoms with van der Waals surface area (Å²) >= 11 is 1.21. The number of benzene rings is 1. The Kier molecular flexibility index (Phi) is 7.60. The lowest BCUT2D eigenvalue weighted by Crippen LogP contribution is -2.52. The molecule has 4 aromatic rings. The van der Waals surface area contributed by atoms with Crippen LogP contribution in [0.3, 0.4) is 0 Å². The third-order valence-corrected chi connectivity index (χ3v) is 7.63. The number of hydrogen-bond donors (Lipinski definition) is 2. The van der Waals surface area contributed by atoms with Crippen LogP contribution < -0.4 is 4.74 Å². The molecule has 0 bridgehead atoms. The Bertz CT molecular complexity index is 1720. The minimum absolute atomic E-state index is 0.0193. The third-order valence-electron chi connectivity index (χ3n) is 6.83. The van der Waals surface area contributed by atoms with Crippen LogP contribution in [-0.2, 0) is 14.4 Å². The highest BCUT2D eigenvalue weighted by molar-refractivity contribution is 7.99. The van der Waals surface area contributed by atoms with Crippen molar-refractivity contribution in [2.24, 2.45) is 10.9 Å². The number of carbonyl (C=O) groups excluding carboxylic acids is 2. The van der Waals surface area contributed by atoms with Crippen molar-refractivity contribution in [1.29, 1.82) is 0 Å². The molecule has 11 nitrogen and oxygen atoms in total. The van der Waals surface area contributed by atoms with E-state index in [1.165, 1.54) is 23.9 Å². The van der Waals surface area contributed by atoms with Gasteiger partial charge in [-0.25, -0.2) is 9.78 Å². The van der Waals surface area contributed by atoms with Crippen molar-refractivity contribution < 1.29 is 37.1 Å². The molecule has 0 radical (unpaired) electrons. The Balaban J connectivity index is 1.32. The van der Waals surface area contributed by atoms with Gasteiger partial charge in [-0.05, 0) is 63.7 Å². The highest BCUT2D eigenvalue weighted by Gasteiger charge is 2.46. The van der Waals surface area contributed by atoms with Gasteiger partial charge in [0, 0.05) is 23.5 Å². The number of aromatic amines is 2. The molecule has 0 aliphatic carbocycles. The number of ether oxygens (including phenoxy) is 2. The van der Waals surface area contributed by atoms with Crippen molar-refractivity contribution in [3.63, 3.8) is 0 Å². The first-order valence-corrected chi connectivity index (χ1v) is 14.5. The van der Waals surface area contributed by atoms with Crippen LogP contribution in [-0.4, -0.2) is 69.4 Å². The number of alkyl halides is 2. The van der Waals surface area contributed by atoms with Gasteiger partial charge in [0.25, 0.3) is 0 Å². The van der Waals surface area contributed by atoms with E-state index in [0.29, 0.717) is 44.0 Å². The molecule has 2 unspecified atom stereocenters. The average Bonchev–Trinajstić information content (AvgIpc) is 3.64. The molecule has 2 N–H and O–H groups in total. The van der Waals surface area contributed by atoms with E-state index in [0.717, 1.165) is 0 Å². The number of nitrogens with one attached hydrogen (secondary N) is 2. The van der Waals surface area contributed by atoms with Crippen LogP contribution >= 0.6 is 11.8 Å². The maximum atomic E-state index is 13.6. The van der Waals surface area contributed by atoms with Gasteiger partial charge in [-0.1, -0.05) is 0 Å². The Morgan fingerprint density at radius 2 is 2.02 bits per heavy atom. The summed E-state index contributed by atoms with van der Waals surface area (Å²) in [5, 5.41) is 2.57. The zero-order valence-corrected chi connectivity index (χ0v) is 24.6. The van der Waals surface area contributed by atoms with Crippen LogP contribution in [0.25, 0.3) is 11.0 Å². The van der Waals surface area contributed by atoms with E-state index >= 15 is 0 Å². The summed E-state index contributed by atoms with van der Waals surface area (Å²) in [5.74, 6) is -1.28.